The lowest BCUT2D eigenvalue weighted by Crippen LogP contribution is -2.38. The molecule has 35 heavy (non-hydrogen) atoms. The van der Waals surface area contributed by atoms with E-state index < -0.39 is 34.8 Å². The fraction of sp³-hybridized carbons (Fsp3) is 0.100. The molecule has 15 heteroatoms. The molecule has 3 N–H and O–H groups in total. The number of aromatic nitrogens is 6. The van der Waals surface area contributed by atoms with Crippen molar-refractivity contribution in [3.63, 3.8) is 0 Å². The van der Waals surface area contributed by atoms with Crippen LogP contribution in [0.4, 0.5) is 18.9 Å². The van der Waals surface area contributed by atoms with Gasteiger partial charge in [-0.3, -0.25) is 4.79 Å². The monoisotopic (exact) mass is 480 g/mol. The second kappa shape index (κ2) is 8.67. The lowest BCUT2D eigenvalue weighted by atomic mass is 10.0. The SMILES string of the molecule is [B]C(O)(O)n1nc(-c2ccccc2)c(C(F)(F)F)c1C(=O)Nc1cnc(-n2nccn2)c(C#N)c1. The third-order valence-electron chi connectivity index (χ3n) is 4.60. The van der Waals surface area contributed by atoms with Crippen LogP contribution >= 0.6 is 0 Å². The predicted molar refractivity (Wildman–Crippen MR) is 113 cm³/mol. The van der Waals surface area contributed by atoms with Crippen molar-refractivity contribution in [3.05, 3.63) is 71.8 Å². The van der Waals surface area contributed by atoms with Crippen molar-refractivity contribution in [1.82, 2.24) is 29.8 Å². The first-order valence-electron chi connectivity index (χ1n) is 9.58. The summed E-state index contributed by atoms with van der Waals surface area (Å²) in [6.07, 6.45) is -1.42. The Morgan fingerprint density at radius 2 is 1.80 bits per heavy atom. The average Bonchev–Trinajstić information content (AvgIpc) is 3.47. The van der Waals surface area contributed by atoms with E-state index >= 15 is 0 Å². The molecule has 4 aromatic rings. The molecule has 0 saturated heterocycles. The number of aliphatic hydroxyl groups is 2. The van der Waals surface area contributed by atoms with Crippen LogP contribution in [-0.4, -0.2) is 53.7 Å². The summed E-state index contributed by atoms with van der Waals surface area (Å²) in [6, 6.07) is 9.96. The van der Waals surface area contributed by atoms with Crippen molar-refractivity contribution in [2.45, 2.75) is 12.0 Å². The van der Waals surface area contributed by atoms with Gasteiger partial charge in [0.1, 0.15) is 28.6 Å². The summed E-state index contributed by atoms with van der Waals surface area (Å²) in [7, 11) is 5.20. The number of anilines is 1. The number of nitrogens with zero attached hydrogens (tertiary/aromatic N) is 7. The van der Waals surface area contributed by atoms with Crippen molar-refractivity contribution < 1.29 is 28.2 Å². The number of carbonyl (C=O) groups excluding carboxylic acids is 1. The molecule has 1 aromatic carbocycles. The van der Waals surface area contributed by atoms with Crippen LogP contribution in [-0.2, 0) is 12.0 Å². The highest BCUT2D eigenvalue weighted by Crippen LogP contribution is 2.40. The van der Waals surface area contributed by atoms with E-state index in [1.807, 2.05) is 6.07 Å². The van der Waals surface area contributed by atoms with E-state index in [1.165, 1.54) is 36.7 Å². The number of hydrogen-bond acceptors (Lipinski definition) is 8. The molecule has 0 aliphatic rings. The highest BCUT2D eigenvalue weighted by atomic mass is 19.4. The van der Waals surface area contributed by atoms with Gasteiger partial charge in [0.05, 0.1) is 24.3 Å². The number of amides is 1. The maximum Gasteiger partial charge on any atom is 0.420 e. The summed E-state index contributed by atoms with van der Waals surface area (Å²) in [5.41, 5.74) is -3.92. The summed E-state index contributed by atoms with van der Waals surface area (Å²) in [5.74, 6) is -4.89. The first-order chi connectivity index (χ1) is 16.5. The van der Waals surface area contributed by atoms with Crippen LogP contribution in [0.2, 0.25) is 0 Å². The number of nitrogens with one attached hydrogen (secondary N) is 1. The molecular weight excluding hydrogens is 468 g/mol. The normalized spacial score (nSPS) is 11.8. The second-order valence-corrected chi connectivity index (χ2v) is 7.01. The quantitative estimate of drug-likeness (QED) is 0.286. The van der Waals surface area contributed by atoms with Gasteiger partial charge in [0.25, 0.3) is 5.91 Å². The molecule has 3 heterocycles. The predicted octanol–water partition coefficient (Wildman–Crippen LogP) is 1.39. The summed E-state index contributed by atoms with van der Waals surface area (Å²) in [6.45, 7) is 0. The number of pyridine rings is 1. The first kappa shape index (κ1) is 23.6. The molecule has 0 aliphatic heterocycles. The van der Waals surface area contributed by atoms with Gasteiger partial charge in [-0.2, -0.15) is 33.7 Å². The second-order valence-electron chi connectivity index (χ2n) is 7.01. The largest absolute Gasteiger partial charge is 0.420 e. The number of carbonyl (C=O) groups is 1. The van der Waals surface area contributed by atoms with Gasteiger partial charge >= 0.3 is 6.18 Å². The molecule has 4 rings (SSSR count). The summed E-state index contributed by atoms with van der Waals surface area (Å²) in [4.78, 5) is 18.0. The van der Waals surface area contributed by atoms with E-state index in [1.54, 1.807) is 6.07 Å². The molecule has 0 fully saturated rings. The highest BCUT2D eigenvalue weighted by Gasteiger charge is 2.44. The van der Waals surface area contributed by atoms with Gasteiger partial charge in [0.15, 0.2) is 13.7 Å². The lowest BCUT2D eigenvalue weighted by molar-refractivity contribution is -0.162. The molecule has 0 unspecified atom stereocenters. The Bertz CT molecular complexity index is 1430. The summed E-state index contributed by atoms with van der Waals surface area (Å²) in [5, 5.41) is 42.6. The molecule has 0 atom stereocenters. The van der Waals surface area contributed by atoms with Crippen LogP contribution in [0, 0.1) is 11.3 Å². The molecular formula is C20H12BF3N8O3. The van der Waals surface area contributed by atoms with E-state index in [-0.39, 0.29) is 27.3 Å². The van der Waals surface area contributed by atoms with Crippen LogP contribution in [0.25, 0.3) is 17.1 Å². The number of alkyl halides is 3. The number of benzene rings is 1. The molecule has 0 saturated carbocycles. The zero-order chi connectivity index (χ0) is 25.4. The average molecular weight is 480 g/mol. The topological polar surface area (TPSA) is 155 Å². The van der Waals surface area contributed by atoms with E-state index in [9.17, 15) is 33.4 Å². The molecule has 0 aliphatic carbocycles. The van der Waals surface area contributed by atoms with Crippen LogP contribution in [0.15, 0.2) is 55.0 Å². The van der Waals surface area contributed by atoms with Gasteiger partial charge in [-0.25, -0.2) is 9.67 Å². The molecule has 3 aromatic heterocycles. The Morgan fingerprint density at radius 1 is 1.14 bits per heavy atom. The fourth-order valence-corrected chi connectivity index (χ4v) is 3.22. The Hall–Kier alpha value is -4.55. The number of nitriles is 1. The highest BCUT2D eigenvalue weighted by molar-refractivity contribution is 6.12. The molecule has 1 amide bonds. The molecule has 0 spiro atoms. The zero-order valence-corrected chi connectivity index (χ0v) is 17.3. The Morgan fingerprint density at radius 3 is 2.37 bits per heavy atom. The fourth-order valence-electron chi connectivity index (χ4n) is 3.22. The number of halogens is 3. The third kappa shape index (κ3) is 4.60. The first-order valence-corrected chi connectivity index (χ1v) is 9.58. The van der Waals surface area contributed by atoms with Gasteiger partial charge in [-0.05, 0) is 6.07 Å². The Labute approximate surface area is 195 Å². The van der Waals surface area contributed by atoms with Crippen molar-refractivity contribution in [2.75, 3.05) is 5.32 Å². The minimum atomic E-state index is -5.15. The molecule has 174 valence electrons. The van der Waals surface area contributed by atoms with Crippen LogP contribution in [0.5, 0.6) is 0 Å². The van der Waals surface area contributed by atoms with Crippen LogP contribution in [0.3, 0.4) is 0 Å². The smallest absolute Gasteiger partial charge is 0.356 e. The van der Waals surface area contributed by atoms with Crippen molar-refractivity contribution in [3.8, 4) is 23.1 Å². The zero-order valence-electron chi connectivity index (χ0n) is 17.3. The number of hydrogen-bond donors (Lipinski definition) is 3. The lowest BCUT2D eigenvalue weighted by Gasteiger charge is -2.20. The standard InChI is InChI=1S/C20H12BF3N8O3/c21-20(34,35)31-16(14(19(22,23)24)15(30-31)11-4-2-1-3-5-11)18(33)29-13-8-12(9-25)17(26-10-13)32-27-6-7-28-32/h1-8,10,34-35H,(H,29,33). The van der Waals surface area contributed by atoms with Crippen LogP contribution < -0.4 is 5.32 Å². The summed E-state index contributed by atoms with van der Waals surface area (Å²) < 4.78 is 42.3. The number of rotatable bonds is 5. The van der Waals surface area contributed by atoms with E-state index in [4.69, 9.17) is 7.85 Å². The third-order valence-corrected chi connectivity index (χ3v) is 4.60. The van der Waals surface area contributed by atoms with Gasteiger partial charge < -0.3 is 15.5 Å². The summed E-state index contributed by atoms with van der Waals surface area (Å²) >= 11 is 0. The van der Waals surface area contributed by atoms with Crippen molar-refractivity contribution >= 4 is 19.4 Å². The van der Waals surface area contributed by atoms with Gasteiger partial charge in [0, 0.05) is 5.56 Å². The maximum atomic E-state index is 14.1. The minimum absolute atomic E-state index is 0.00887. The van der Waals surface area contributed by atoms with Crippen LogP contribution in [0.1, 0.15) is 21.6 Å². The minimum Gasteiger partial charge on any atom is -0.356 e. The molecule has 2 radical (unpaired) electrons. The van der Waals surface area contributed by atoms with Gasteiger partial charge in [0.2, 0.25) is 5.81 Å². The Kier molecular flexibility index (Phi) is 5.85. The van der Waals surface area contributed by atoms with E-state index in [0.717, 1.165) is 17.1 Å². The van der Waals surface area contributed by atoms with Crippen molar-refractivity contribution in [2.24, 2.45) is 0 Å². The molecule has 11 nitrogen and oxygen atoms in total. The van der Waals surface area contributed by atoms with E-state index in [2.05, 4.69) is 25.6 Å². The maximum absolute atomic E-state index is 14.1. The van der Waals surface area contributed by atoms with Gasteiger partial charge in [-0.1, -0.05) is 30.3 Å². The van der Waals surface area contributed by atoms with E-state index in [0.29, 0.717) is 0 Å². The Balaban J connectivity index is 1.83. The van der Waals surface area contributed by atoms with Gasteiger partial charge in [-0.15, -0.1) is 4.80 Å². The van der Waals surface area contributed by atoms with Crippen molar-refractivity contribution in [1.29, 1.82) is 5.26 Å². The molecule has 0 bridgehead atoms.